The number of nitrogens with zero attached hydrogens (tertiary/aromatic N) is 2. The molecular weight excluding hydrogens is 426 g/mol. The molecule has 0 bridgehead atoms. The molecule has 30 heavy (non-hydrogen) atoms. The number of aromatic nitrogens is 1. The average molecular weight is 446 g/mol. The number of carbonyl (C=O) groups is 1. The summed E-state index contributed by atoms with van der Waals surface area (Å²) >= 11 is 5.97. The summed E-state index contributed by atoms with van der Waals surface area (Å²) in [6.07, 6.45) is 3.30. The van der Waals surface area contributed by atoms with Gasteiger partial charge in [0.25, 0.3) is 15.9 Å². The molecule has 9 heteroatoms. The molecule has 2 aromatic carbocycles. The van der Waals surface area contributed by atoms with Crippen molar-refractivity contribution in [3.8, 4) is 5.75 Å². The first-order valence-electron chi connectivity index (χ1n) is 8.91. The van der Waals surface area contributed by atoms with Gasteiger partial charge in [-0.25, -0.2) is 8.42 Å². The fourth-order valence-corrected chi connectivity index (χ4v) is 4.09. The van der Waals surface area contributed by atoms with Crippen LogP contribution >= 0.6 is 11.6 Å². The molecular formula is C21H20ClN3O4S. The molecule has 0 spiro atoms. The first-order valence-corrected chi connectivity index (χ1v) is 10.8. The van der Waals surface area contributed by atoms with Gasteiger partial charge in [0.2, 0.25) is 0 Å². The van der Waals surface area contributed by atoms with Crippen molar-refractivity contribution >= 4 is 33.2 Å². The second-order valence-corrected chi connectivity index (χ2v) is 8.61. The summed E-state index contributed by atoms with van der Waals surface area (Å²) in [5.41, 5.74) is 1.38. The van der Waals surface area contributed by atoms with Crippen LogP contribution in [0.1, 0.15) is 15.9 Å². The maximum atomic E-state index is 12.9. The van der Waals surface area contributed by atoms with E-state index in [1.807, 2.05) is 12.1 Å². The molecule has 0 atom stereocenters. The molecule has 3 aromatic rings. The first-order chi connectivity index (χ1) is 14.3. The number of anilines is 1. The van der Waals surface area contributed by atoms with Crippen LogP contribution < -0.4 is 9.46 Å². The molecule has 3 rings (SSSR count). The highest BCUT2D eigenvalue weighted by Crippen LogP contribution is 2.30. The number of halogens is 1. The third-order valence-corrected chi connectivity index (χ3v) is 5.91. The van der Waals surface area contributed by atoms with Crippen molar-refractivity contribution in [2.75, 3.05) is 18.9 Å². The molecule has 0 radical (unpaired) electrons. The van der Waals surface area contributed by atoms with Crippen molar-refractivity contribution in [2.24, 2.45) is 0 Å². The Kier molecular flexibility index (Phi) is 6.59. The minimum atomic E-state index is -3.97. The highest BCUT2D eigenvalue weighted by molar-refractivity contribution is 7.92. The summed E-state index contributed by atoms with van der Waals surface area (Å²) in [5, 5.41) is 0.357. The van der Waals surface area contributed by atoms with Crippen molar-refractivity contribution in [3.05, 3.63) is 83.1 Å². The highest BCUT2D eigenvalue weighted by Gasteiger charge is 2.20. The zero-order valence-corrected chi connectivity index (χ0v) is 17.9. The predicted octanol–water partition coefficient (Wildman–Crippen LogP) is 3.82. The van der Waals surface area contributed by atoms with Crippen molar-refractivity contribution in [1.82, 2.24) is 9.88 Å². The van der Waals surface area contributed by atoms with Gasteiger partial charge in [-0.2, -0.15) is 0 Å². The number of methoxy groups -OCH3 is 1. The largest absolute Gasteiger partial charge is 0.495 e. The maximum Gasteiger partial charge on any atom is 0.262 e. The van der Waals surface area contributed by atoms with Crippen LogP contribution in [-0.4, -0.2) is 38.4 Å². The number of nitrogens with one attached hydrogen (secondary N) is 1. The van der Waals surface area contributed by atoms with Crippen LogP contribution in [0.3, 0.4) is 0 Å². The lowest BCUT2D eigenvalue weighted by molar-refractivity contribution is 0.0785. The molecule has 1 amide bonds. The lowest BCUT2D eigenvalue weighted by Gasteiger charge is -2.18. The molecule has 1 aromatic heterocycles. The second kappa shape index (κ2) is 9.15. The quantitative estimate of drug-likeness (QED) is 0.597. The third kappa shape index (κ3) is 5.08. The molecule has 7 nitrogen and oxygen atoms in total. The number of pyridine rings is 1. The first kappa shape index (κ1) is 21.6. The fourth-order valence-electron chi connectivity index (χ4n) is 2.81. The van der Waals surface area contributed by atoms with E-state index in [0.717, 1.165) is 5.56 Å². The van der Waals surface area contributed by atoms with Crippen molar-refractivity contribution in [2.45, 2.75) is 11.4 Å². The Hall–Kier alpha value is -3.10. The van der Waals surface area contributed by atoms with Gasteiger partial charge in [-0.15, -0.1) is 0 Å². The van der Waals surface area contributed by atoms with Gasteiger partial charge < -0.3 is 9.64 Å². The number of benzene rings is 2. The number of rotatable bonds is 7. The van der Waals surface area contributed by atoms with Crippen molar-refractivity contribution in [3.63, 3.8) is 0 Å². The van der Waals surface area contributed by atoms with Crippen LogP contribution in [0.5, 0.6) is 5.75 Å². The Balaban J connectivity index is 1.83. The van der Waals surface area contributed by atoms with Crippen LogP contribution in [0.25, 0.3) is 0 Å². The van der Waals surface area contributed by atoms with Gasteiger partial charge in [-0.3, -0.25) is 14.5 Å². The molecule has 0 aliphatic carbocycles. The molecule has 0 saturated heterocycles. The maximum absolute atomic E-state index is 12.9. The zero-order chi connectivity index (χ0) is 21.7. The van der Waals surface area contributed by atoms with Gasteiger partial charge in [-0.05, 0) is 54.1 Å². The van der Waals surface area contributed by atoms with Crippen molar-refractivity contribution < 1.29 is 17.9 Å². The van der Waals surface area contributed by atoms with E-state index in [9.17, 15) is 13.2 Å². The number of amides is 1. The SMILES string of the molecule is COc1ccc(Cl)cc1NS(=O)(=O)c1cccc(C(=O)N(C)Cc2ccncc2)c1. The zero-order valence-electron chi connectivity index (χ0n) is 16.4. The van der Waals surface area contributed by atoms with E-state index in [1.54, 1.807) is 37.6 Å². The Bertz CT molecular complexity index is 1150. The lowest BCUT2D eigenvalue weighted by Crippen LogP contribution is -2.26. The van der Waals surface area contributed by atoms with E-state index in [-0.39, 0.29) is 22.1 Å². The summed E-state index contributed by atoms with van der Waals surface area (Å²) < 4.78 is 33.4. The minimum absolute atomic E-state index is 0.0484. The topological polar surface area (TPSA) is 88.6 Å². The van der Waals surface area contributed by atoms with Gasteiger partial charge >= 0.3 is 0 Å². The van der Waals surface area contributed by atoms with Gasteiger partial charge in [0, 0.05) is 36.6 Å². The summed E-state index contributed by atoms with van der Waals surface area (Å²) in [5.74, 6) is 0.0245. The molecule has 0 unspecified atom stereocenters. The number of hydrogen-bond donors (Lipinski definition) is 1. The minimum Gasteiger partial charge on any atom is -0.495 e. The van der Waals surface area contributed by atoms with Crippen LogP contribution in [-0.2, 0) is 16.6 Å². The molecule has 156 valence electrons. The second-order valence-electron chi connectivity index (χ2n) is 6.49. The Morgan fingerprint density at radius 3 is 2.57 bits per heavy atom. The molecule has 0 fully saturated rings. The smallest absolute Gasteiger partial charge is 0.262 e. The number of sulfonamides is 1. The molecule has 0 aliphatic heterocycles. The van der Waals surface area contributed by atoms with E-state index >= 15 is 0 Å². The fraction of sp³-hybridized carbons (Fsp3) is 0.143. The van der Waals surface area contributed by atoms with Crippen LogP contribution in [0.15, 0.2) is 71.9 Å². The monoisotopic (exact) mass is 445 g/mol. The van der Waals surface area contributed by atoms with Crippen molar-refractivity contribution in [1.29, 1.82) is 0 Å². The standard InChI is InChI=1S/C21H20ClN3O4S/c1-25(14-15-8-10-23-11-9-15)21(26)16-4-3-5-18(12-16)30(27,28)24-19-13-17(22)6-7-20(19)29-2/h3-13,24H,14H2,1-2H3. The third-order valence-electron chi connectivity index (χ3n) is 4.31. The molecule has 1 heterocycles. The number of ether oxygens (including phenoxy) is 1. The average Bonchev–Trinajstić information content (AvgIpc) is 2.74. The van der Waals surface area contributed by atoms with E-state index in [4.69, 9.17) is 16.3 Å². The number of carbonyl (C=O) groups excluding carboxylic acids is 1. The van der Waals surface area contributed by atoms with Crippen LogP contribution in [0.2, 0.25) is 5.02 Å². The van der Waals surface area contributed by atoms with Crippen LogP contribution in [0, 0.1) is 0 Å². The summed E-state index contributed by atoms with van der Waals surface area (Å²) in [7, 11) is -0.890. The van der Waals surface area contributed by atoms with Crippen LogP contribution in [0.4, 0.5) is 5.69 Å². The van der Waals surface area contributed by atoms with Gasteiger partial charge in [0.15, 0.2) is 0 Å². The normalized spacial score (nSPS) is 11.0. The predicted molar refractivity (Wildman–Crippen MR) is 115 cm³/mol. The van der Waals surface area contributed by atoms with E-state index in [2.05, 4.69) is 9.71 Å². The van der Waals surface area contributed by atoms with E-state index < -0.39 is 10.0 Å². The molecule has 1 N–H and O–H groups in total. The highest BCUT2D eigenvalue weighted by atomic mass is 35.5. The van der Waals surface area contributed by atoms with Gasteiger partial charge in [0.05, 0.1) is 17.7 Å². The van der Waals surface area contributed by atoms with Gasteiger partial charge in [0.1, 0.15) is 5.75 Å². The number of hydrogen-bond acceptors (Lipinski definition) is 5. The summed E-state index contributed by atoms with van der Waals surface area (Å²) in [6.45, 7) is 0.371. The van der Waals surface area contributed by atoms with E-state index in [0.29, 0.717) is 17.3 Å². The molecule has 0 saturated carbocycles. The lowest BCUT2D eigenvalue weighted by atomic mass is 10.2. The Labute approximate surface area is 180 Å². The summed E-state index contributed by atoms with van der Waals surface area (Å²) in [4.78, 5) is 18.2. The van der Waals surface area contributed by atoms with E-state index in [1.165, 1.54) is 36.3 Å². The summed E-state index contributed by atoms with van der Waals surface area (Å²) in [6, 6.07) is 14.1. The molecule has 0 aliphatic rings. The Morgan fingerprint density at radius 1 is 1.13 bits per heavy atom. The Morgan fingerprint density at radius 2 is 1.87 bits per heavy atom. The van der Waals surface area contributed by atoms with Gasteiger partial charge in [-0.1, -0.05) is 17.7 Å².